The van der Waals surface area contributed by atoms with Crippen molar-refractivity contribution in [3.63, 3.8) is 0 Å². The van der Waals surface area contributed by atoms with Crippen molar-refractivity contribution in [3.05, 3.63) is 46.6 Å². The van der Waals surface area contributed by atoms with Crippen molar-refractivity contribution < 1.29 is 18.8 Å². The molecule has 0 saturated carbocycles. The minimum Gasteiger partial charge on any atom is -0.484 e. The molecular weight excluding hydrogens is 404 g/mol. The summed E-state index contributed by atoms with van der Waals surface area (Å²) in [5, 5.41) is 6.92. The Hall–Kier alpha value is -2.52. The highest BCUT2D eigenvalue weighted by Gasteiger charge is 2.53. The number of aromatic nitrogens is 2. The summed E-state index contributed by atoms with van der Waals surface area (Å²) in [4.78, 5) is 30.8. The summed E-state index contributed by atoms with van der Waals surface area (Å²) < 4.78 is 10.7. The van der Waals surface area contributed by atoms with Gasteiger partial charge in [-0.1, -0.05) is 16.8 Å². The number of carbonyl (C=O) groups is 2. The van der Waals surface area contributed by atoms with Gasteiger partial charge < -0.3 is 14.6 Å². The Bertz CT molecular complexity index is 959. The lowest BCUT2D eigenvalue weighted by molar-refractivity contribution is -0.144. The molecule has 1 fully saturated rings. The minimum absolute atomic E-state index is 0.187. The van der Waals surface area contributed by atoms with Crippen LogP contribution in [0.2, 0.25) is 5.02 Å². The number of hydrogen-bond donors (Lipinski definition) is 1. The maximum Gasteiger partial charge on any atom is 0.274 e. The lowest BCUT2D eigenvalue weighted by Gasteiger charge is -2.49. The molecule has 146 valence electrons. The van der Waals surface area contributed by atoms with Gasteiger partial charge in [0, 0.05) is 10.8 Å². The van der Waals surface area contributed by atoms with Gasteiger partial charge in [0.15, 0.2) is 12.4 Å². The molecule has 1 N–H and O–H groups in total. The Morgan fingerprint density at radius 1 is 1.39 bits per heavy atom. The number of fused-ring (bicyclic) bond motifs is 1. The lowest BCUT2D eigenvalue weighted by atomic mass is 10.0. The van der Waals surface area contributed by atoms with Crippen LogP contribution in [0.3, 0.4) is 0 Å². The highest BCUT2D eigenvalue weighted by molar-refractivity contribution is 8.00. The average molecular weight is 421 g/mol. The number of ether oxygens (including phenoxy) is 1. The van der Waals surface area contributed by atoms with E-state index < -0.39 is 6.04 Å². The third-order valence-electron chi connectivity index (χ3n) is 4.39. The van der Waals surface area contributed by atoms with Gasteiger partial charge in [-0.2, -0.15) is 4.98 Å². The summed E-state index contributed by atoms with van der Waals surface area (Å²) >= 11 is 7.40. The van der Waals surface area contributed by atoms with E-state index in [4.69, 9.17) is 20.9 Å². The van der Waals surface area contributed by atoms with Crippen LogP contribution >= 0.6 is 23.4 Å². The van der Waals surface area contributed by atoms with Crippen molar-refractivity contribution >= 4 is 40.9 Å². The summed E-state index contributed by atoms with van der Waals surface area (Å²) in [6.45, 7) is 3.46. The van der Waals surface area contributed by atoms with Crippen molar-refractivity contribution in [2.24, 2.45) is 0 Å². The lowest BCUT2D eigenvalue weighted by Crippen LogP contribution is -2.69. The van der Waals surface area contributed by atoms with Crippen LogP contribution in [0.25, 0.3) is 5.70 Å². The zero-order chi connectivity index (χ0) is 19.8. The van der Waals surface area contributed by atoms with E-state index in [9.17, 15) is 9.59 Å². The predicted octanol–water partition coefficient (Wildman–Crippen LogP) is 2.24. The molecule has 2 aliphatic rings. The first kappa shape index (κ1) is 18.8. The first-order chi connectivity index (χ1) is 13.4. The molecule has 1 aromatic heterocycles. The summed E-state index contributed by atoms with van der Waals surface area (Å²) in [7, 11) is 0. The second kappa shape index (κ2) is 7.48. The summed E-state index contributed by atoms with van der Waals surface area (Å²) in [6.07, 6.45) is 0. The molecule has 10 heteroatoms. The van der Waals surface area contributed by atoms with E-state index in [-0.39, 0.29) is 23.8 Å². The molecule has 1 saturated heterocycles. The van der Waals surface area contributed by atoms with Gasteiger partial charge >= 0.3 is 0 Å². The van der Waals surface area contributed by atoms with Gasteiger partial charge in [0.1, 0.15) is 22.9 Å². The minimum atomic E-state index is -0.613. The molecule has 28 heavy (non-hydrogen) atoms. The van der Waals surface area contributed by atoms with Crippen LogP contribution in [0.15, 0.2) is 34.4 Å². The molecule has 3 heterocycles. The molecule has 2 aromatic rings. The van der Waals surface area contributed by atoms with Crippen LogP contribution in [-0.4, -0.2) is 50.6 Å². The molecule has 2 aliphatic heterocycles. The van der Waals surface area contributed by atoms with Crippen LogP contribution < -0.4 is 10.1 Å². The predicted molar refractivity (Wildman–Crippen MR) is 104 cm³/mol. The monoisotopic (exact) mass is 420 g/mol. The van der Waals surface area contributed by atoms with E-state index in [1.807, 2.05) is 6.92 Å². The average Bonchev–Trinajstić information content (AvgIpc) is 3.11. The first-order valence-electron chi connectivity index (χ1n) is 8.57. The van der Waals surface area contributed by atoms with E-state index in [0.29, 0.717) is 33.9 Å². The van der Waals surface area contributed by atoms with Crippen LogP contribution in [0, 0.1) is 6.92 Å². The van der Waals surface area contributed by atoms with Crippen molar-refractivity contribution in [1.29, 1.82) is 0 Å². The number of rotatable bonds is 5. The summed E-state index contributed by atoms with van der Waals surface area (Å²) in [5.74, 6) is 1.49. The molecule has 8 nitrogen and oxygen atoms in total. The number of hydrogen-bond acceptors (Lipinski definition) is 7. The van der Waals surface area contributed by atoms with Crippen LogP contribution in [0.1, 0.15) is 18.6 Å². The van der Waals surface area contributed by atoms with Crippen molar-refractivity contribution in [3.8, 4) is 5.75 Å². The van der Waals surface area contributed by atoms with E-state index in [1.165, 1.54) is 0 Å². The number of thioether (sulfide) groups is 1. The van der Waals surface area contributed by atoms with E-state index in [0.717, 1.165) is 5.57 Å². The molecule has 2 atom stereocenters. The van der Waals surface area contributed by atoms with Gasteiger partial charge in [0.05, 0.1) is 0 Å². The summed E-state index contributed by atoms with van der Waals surface area (Å²) in [6, 6.07) is 6.09. The van der Waals surface area contributed by atoms with E-state index in [1.54, 1.807) is 47.9 Å². The Morgan fingerprint density at radius 3 is 2.82 bits per heavy atom. The molecule has 0 radical (unpaired) electrons. The van der Waals surface area contributed by atoms with Crippen molar-refractivity contribution in [2.75, 3.05) is 12.4 Å². The molecule has 1 aromatic carbocycles. The number of amides is 2. The van der Waals surface area contributed by atoms with Gasteiger partial charge in [0.25, 0.3) is 17.7 Å². The fraction of sp³-hybridized carbons (Fsp3) is 0.333. The summed E-state index contributed by atoms with van der Waals surface area (Å²) in [5.41, 5.74) is 1.62. The Balaban J connectivity index is 1.39. The highest BCUT2D eigenvalue weighted by atomic mass is 35.5. The third-order valence-corrected chi connectivity index (χ3v) is 6.07. The standard InChI is InChI=1S/C18H17ClN4O4S/c1-9-8-28-18-14(17(25)23(18)15(9)16-20-10(2)22-27-16)21-13(24)7-26-12-5-3-11(19)4-6-12/h3-6,14,18H,7-8H2,1-2H3,(H,21,24)/t14-,18?/m1/s1. The van der Waals surface area contributed by atoms with Gasteiger partial charge in [-0.15, -0.1) is 11.8 Å². The molecule has 2 amide bonds. The number of nitrogens with one attached hydrogen (secondary N) is 1. The second-order valence-electron chi connectivity index (χ2n) is 6.47. The molecule has 0 bridgehead atoms. The van der Waals surface area contributed by atoms with Crippen LogP contribution in [-0.2, 0) is 9.59 Å². The zero-order valence-corrected chi connectivity index (χ0v) is 16.7. The molecule has 0 spiro atoms. The maximum absolute atomic E-state index is 12.7. The third kappa shape index (κ3) is 3.47. The number of benzene rings is 1. The number of nitrogens with zero attached hydrogens (tertiary/aromatic N) is 3. The van der Waals surface area contributed by atoms with Crippen molar-refractivity contribution in [2.45, 2.75) is 25.3 Å². The molecule has 1 unspecified atom stereocenters. The zero-order valence-electron chi connectivity index (χ0n) is 15.1. The van der Waals surface area contributed by atoms with Gasteiger partial charge in [-0.05, 0) is 43.7 Å². The second-order valence-corrected chi connectivity index (χ2v) is 8.01. The SMILES string of the molecule is CC1=C(c2nc(C)no2)N2C(=O)[C@@H](NC(=O)COc3ccc(Cl)cc3)C2SC1. The van der Waals surface area contributed by atoms with Crippen LogP contribution in [0.4, 0.5) is 0 Å². The molecular formula is C18H17ClN4O4S. The normalized spacial score (nSPS) is 21.2. The Labute approximate surface area is 170 Å². The topological polar surface area (TPSA) is 97.6 Å². The fourth-order valence-electron chi connectivity index (χ4n) is 3.06. The van der Waals surface area contributed by atoms with Crippen LogP contribution in [0.5, 0.6) is 5.75 Å². The molecule has 4 rings (SSSR count). The van der Waals surface area contributed by atoms with Crippen molar-refractivity contribution in [1.82, 2.24) is 20.4 Å². The Kier molecular flexibility index (Phi) is 5.03. The number of β-lactam (4-membered cyclic amide) rings is 1. The first-order valence-corrected chi connectivity index (χ1v) is 9.99. The Morgan fingerprint density at radius 2 is 2.14 bits per heavy atom. The molecule has 0 aliphatic carbocycles. The smallest absolute Gasteiger partial charge is 0.274 e. The van der Waals surface area contributed by atoms with E-state index in [2.05, 4.69) is 15.5 Å². The van der Waals surface area contributed by atoms with Gasteiger partial charge in [-0.3, -0.25) is 14.5 Å². The fourth-order valence-corrected chi connectivity index (χ4v) is 4.48. The number of carbonyl (C=O) groups excluding carboxylic acids is 2. The number of aryl methyl sites for hydroxylation is 1. The largest absolute Gasteiger partial charge is 0.484 e. The number of halogens is 1. The quantitative estimate of drug-likeness (QED) is 0.740. The van der Waals surface area contributed by atoms with Gasteiger partial charge in [-0.25, -0.2) is 0 Å². The van der Waals surface area contributed by atoms with Gasteiger partial charge in [0.2, 0.25) is 0 Å². The highest BCUT2D eigenvalue weighted by Crippen LogP contribution is 2.43. The maximum atomic E-state index is 12.7. The van der Waals surface area contributed by atoms with E-state index >= 15 is 0 Å².